The fourth-order valence-electron chi connectivity index (χ4n) is 1.15. The molecule has 1 amide bonds. The summed E-state index contributed by atoms with van der Waals surface area (Å²) in [6.07, 6.45) is 2.05. The fourth-order valence-corrected chi connectivity index (χ4v) is 1.15. The van der Waals surface area contributed by atoms with Gasteiger partial charge in [0, 0.05) is 25.4 Å². The number of nitrogens with zero attached hydrogens (tertiary/aromatic N) is 1. The molecule has 0 aliphatic heterocycles. The SMILES string of the molecule is CCN(CC)C(=O)CCC(C)C=O. The molecule has 1 unspecified atom stereocenters. The van der Waals surface area contributed by atoms with E-state index in [0.29, 0.717) is 12.8 Å². The summed E-state index contributed by atoms with van der Waals surface area (Å²) in [5, 5.41) is 0. The maximum atomic E-state index is 11.4. The molecule has 0 bridgehead atoms. The third kappa shape index (κ3) is 4.65. The Balaban J connectivity index is 3.78. The van der Waals surface area contributed by atoms with Gasteiger partial charge in [-0.1, -0.05) is 6.92 Å². The maximum absolute atomic E-state index is 11.4. The molecule has 0 saturated carbocycles. The number of aldehydes is 1. The van der Waals surface area contributed by atoms with E-state index in [9.17, 15) is 9.59 Å². The zero-order valence-electron chi connectivity index (χ0n) is 8.75. The van der Waals surface area contributed by atoms with Gasteiger partial charge in [0.1, 0.15) is 6.29 Å². The summed E-state index contributed by atoms with van der Waals surface area (Å²) in [4.78, 5) is 23.5. The molecule has 0 aliphatic carbocycles. The molecular formula is C10H19NO2. The smallest absolute Gasteiger partial charge is 0.222 e. The molecule has 0 aromatic carbocycles. The summed E-state index contributed by atoms with van der Waals surface area (Å²) < 4.78 is 0. The Kier molecular flexibility index (Phi) is 6.20. The summed E-state index contributed by atoms with van der Waals surface area (Å²) in [6, 6.07) is 0. The number of carbonyl (C=O) groups excluding carboxylic acids is 2. The van der Waals surface area contributed by atoms with Gasteiger partial charge in [0.15, 0.2) is 0 Å². The molecule has 0 spiro atoms. The highest BCUT2D eigenvalue weighted by atomic mass is 16.2. The number of hydrogen-bond donors (Lipinski definition) is 0. The molecule has 0 N–H and O–H groups in total. The molecule has 0 radical (unpaired) electrons. The highest BCUT2D eigenvalue weighted by Gasteiger charge is 2.10. The molecule has 0 aromatic rings. The Morgan fingerprint density at radius 1 is 1.38 bits per heavy atom. The second-order valence-corrected chi connectivity index (χ2v) is 3.22. The largest absolute Gasteiger partial charge is 0.343 e. The van der Waals surface area contributed by atoms with Crippen molar-refractivity contribution < 1.29 is 9.59 Å². The molecule has 0 aliphatic rings. The van der Waals surface area contributed by atoms with Crippen molar-refractivity contribution in [3.63, 3.8) is 0 Å². The average Bonchev–Trinajstić information content (AvgIpc) is 2.16. The van der Waals surface area contributed by atoms with Crippen LogP contribution in [-0.2, 0) is 9.59 Å². The lowest BCUT2D eigenvalue weighted by Crippen LogP contribution is -2.30. The van der Waals surface area contributed by atoms with Gasteiger partial charge in [-0.2, -0.15) is 0 Å². The molecule has 0 rings (SSSR count). The van der Waals surface area contributed by atoms with E-state index in [0.717, 1.165) is 19.4 Å². The lowest BCUT2D eigenvalue weighted by molar-refractivity contribution is -0.131. The molecule has 76 valence electrons. The summed E-state index contributed by atoms with van der Waals surface area (Å²) in [5.41, 5.74) is 0. The predicted molar refractivity (Wildman–Crippen MR) is 52.4 cm³/mol. The molecular weight excluding hydrogens is 166 g/mol. The van der Waals surface area contributed by atoms with E-state index >= 15 is 0 Å². The lowest BCUT2D eigenvalue weighted by atomic mass is 10.1. The summed E-state index contributed by atoms with van der Waals surface area (Å²) in [5.74, 6) is 0.151. The molecule has 0 saturated heterocycles. The van der Waals surface area contributed by atoms with Crippen molar-refractivity contribution in [3.05, 3.63) is 0 Å². The van der Waals surface area contributed by atoms with Gasteiger partial charge in [-0.05, 0) is 20.3 Å². The molecule has 3 heteroatoms. The molecule has 3 nitrogen and oxygen atoms in total. The van der Waals surface area contributed by atoms with E-state index in [1.165, 1.54) is 0 Å². The predicted octanol–water partition coefficient (Wildman–Crippen LogP) is 1.47. The van der Waals surface area contributed by atoms with Crippen molar-refractivity contribution in [1.29, 1.82) is 0 Å². The quantitative estimate of drug-likeness (QED) is 0.588. The number of carbonyl (C=O) groups is 2. The molecule has 1 atom stereocenters. The first kappa shape index (κ1) is 12.1. The van der Waals surface area contributed by atoms with Gasteiger partial charge in [0.25, 0.3) is 0 Å². The molecule has 13 heavy (non-hydrogen) atoms. The summed E-state index contributed by atoms with van der Waals surface area (Å²) in [7, 11) is 0. The van der Waals surface area contributed by atoms with Crippen molar-refractivity contribution in [2.75, 3.05) is 13.1 Å². The minimum Gasteiger partial charge on any atom is -0.343 e. The fraction of sp³-hybridized carbons (Fsp3) is 0.800. The normalized spacial score (nSPS) is 12.2. The van der Waals surface area contributed by atoms with Crippen molar-refractivity contribution in [2.24, 2.45) is 5.92 Å². The van der Waals surface area contributed by atoms with Gasteiger partial charge in [-0.3, -0.25) is 4.79 Å². The third-order valence-corrected chi connectivity index (χ3v) is 2.16. The van der Waals surface area contributed by atoms with Crippen molar-refractivity contribution in [1.82, 2.24) is 4.90 Å². The lowest BCUT2D eigenvalue weighted by Gasteiger charge is -2.18. The molecule has 0 aromatic heterocycles. The minimum atomic E-state index is -0.000452. The van der Waals surface area contributed by atoms with Crippen LogP contribution >= 0.6 is 0 Å². The van der Waals surface area contributed by atoms with Crippen LogP contribution in [0.25, 0.3) is 0 Å². The molecule has 0 heterocycles. The Bertz CT molecular complexity index is 164. The van der Waals surface area contributed by atoms with Crippen LogP contribution in [0, 0.1) is 5.92 Å². The van der Waals surface area contributed by atoms with Crippen LogP contribution < -0.4 is 0 Å². The van der Waals surface area contributed by atoms with Crippen LogP contribution in [0.5, 0.6) is 0 Å². The standard InChI is InChI=1S/C10H19NO2/c1-4-11(5-2)10(13)7-6-9(3)8-12/h8-9H,4-7H2,1-3H3. The third-order valence-electron chi connectivity index (χ3n) is 2.16. The molecule has 0 fully saturated rings. The van der Waals surface area contributed by atoms with Crippen LogP contribution in [-0.4, -0.2) is 30.2 Å². The minimum absolute atomic E-state index is 0.000452. The van der Waals surface area contributed by atoms with E-state index in [2.05, 4.69) is 0 Å². The topological polar surface area (TPSA) is 37.4 Å². The van der Waals surface area contributed by atoms with Gasteiger partial charge >= 0.3 is 0 Å². The highest BCUT2D eigenvalue weighted by Crippen LogP contribution is 2.04. The van der Waals surface area contributed by atoms with Crippen molar-refractivity contribution in [2.45, 2.75) is 33.6 Å². The second kappa shape index (κ2) is 6.63. The van der Waals surface area contributed by atoms with Crippen LogP contribution in [0.3, 0.4) is 0 Å². The average molecular weight is 185 g/mol. The van der Waals surface area contributed by atoms with Gasteiger partial charge in [-0.15, -0.1) is 0 Å². The highest BCUT2D eigenvalue weighted by molar-refractivity contribution is 5.76. The van der Waals surface area contributed by atoms with Crippen LogP contribution in [0.4, 0.5) is 0 Å². The van der Waals surface area contributed by atoms with Gasteiger partial charge in [0.2, 0.25) is 5.91 Å². The van der Waals surface area contributed by atoms with Gasteiger partial charge in [0.05, 0.1) is 0 Å². The Morgan fingerprint density at radius 3 is 2.31 bits per heavy atom. The summed E-state index contributed by atoms with van der Waals surface area (Å²) in [6.45, 7) is 7.27. The maximum Gasteiger partial charge on any atom is 0.222 e. The van der Waals surface area contributed by atoms with E-state index in [-0.39, 0.29) is 11.8 Å². The van der Waals surface area contributed by atoms with E-state index < -0.39 is 0 Å². The summed E-state index contributed by atoms with van der Waals surface area (Å²) >= 11 is 0. The van der Waals surface area contributed by atoms with E-state index in [1.807, 2.05) is 20.8 Å². The second-order valence-electron chi connectivity index (χ2n) is 3.22. The number of amides is 1. The first-order valence-electron chi connectivity index (χ1n) is 4.88. The van der Waals surface area contributed by atoms with Crippen LogP contribution in [0.2, 0.25) is 0 Å². The first-order valence-corrected chi connectivity index (χ1v) is 4.88. The van der Waals surface area contributed by atoms with Crippen LogP contribution in [0.15, 0.2) is 0 Å². The Labute approximate surface area is 80.1 Å². The van der Waals surface area contributed by atoms with Gasteiger partial charge < -0.3 is 9.69 Å². The Hall–Kier alpha value is -0.860. The zero-order chi connectivity index (χ0) is 10.3. The number of hydrogen-bond acceptors (Lipinski definition) is 2. The monoisotopic (exact) mass is 185 g/mol. The van der Waals surface area contributed by atoms with E-state index in [4.69, 9.17) is 0 Å². The van der Waals surface area contributed by atoms with Crippen molar-refractivity contribution in [3.8, 4) is 0 Å². The van der Waals surface area contributed by atoms with E-state index in [1.54, 1.807) is 4.90 Å². The van der Waals surface area contributed by atoms with Crippen LogP contribution in [0.1, 0.15) is 33.6 Å². The number of rotatable bonds is 6. The first-order chi connectivity index (χ1) is 6.15. The zero-order valence-corrected chi connectivity index (χ0v) is 8.75. The van der Waals surface area contributed by atoms with Gasteiger partial charge in [-0.25, -0.2) is 0 Å². The Morgan fingerprint density at radius 2 is 1.92 bits per heavy atom. The van der Waals surface area contributed by atoms with Crippen molar-refractivity contribution >= 4 is 12.2 Å².